The Morgan fingerprint density at radius 2 is 1.95 bits per heavy atom. The van der Waals surface area contributed by atoms with E-state index in [-0.39, 0.29) is 10.0 Å². The average Bonchev–Trinajstić information content (AvgIpc) is 2.45. The molecule has 2 aromatic carbocycles. The van der Waals surface area contributed by atoms with E-state index >= 15 is 0 Å². The molecule has 108 valence electrons. The van der Waals surface area contributed by atoms with Crippen molar-refractivity contribution in [3.8, 4) is 6.07 Å². The van der Waals surface area contributed by atoms with Crippen molar-refractivity contribution in [2.75, 3.05) is 11.1 Å². The summed E-state index contributed by atoms with van der Waals surface area (Å²) >= 11 is 13.1. The summed E-state index contributed by atoms with van der Waals surface area (Å²) < 4.78 is 13.4. The predicted molar refractivity (Wildman–Crippen MR) is 87.3 cm³/mol. The van der Waals surface area contributed by atoms with Gasteiger partial charge in [0.05, 0.1) is 21.3 Å². The summed E-state index contributed by atoms with van der Waals surface area (Å²) in [5.74, 6) is 0.214. The first kappa shape index (κ1) is 16.0. The molecule has 0 aromatic heterocycles. The minimum atomic E-state index is -0.653. The van der Waals surface area contributed by atoms with Crippen LogP contribution in [0.1, 0.15) is 12.5 Å². The third-order valence-corrected chi connectivity index (χ3v) is 4.19. The van der Waals surface area contributed by atoms with Crippen molar-refractivity contribution in [3.63, 3.8) is 0 Å². The lowest BCUT2D eigenvalue weighted by Gasteiger charge is -2.12. The number of thioether (sulfide) groups is 1. The van der Waals surface area contributed by atoms with Crippen molar-refractivity contribution < 1.29 is 4.39 Å². The Labute approximate surface area is 136 Å². The summed E-state index contributed by atoms with van der Waals surface area (Å²) in [5, 5.41) is 12.3. The van der Waals surface area contributed by atoms with Gasteiger partial charge in [0, 0.05) is 10.6 Å². The molecule has 0 spiro atoms. The standard InChI is InChI=1S/C15H11Cl2FN2S/c1-2-21-14-5-3-4-13(10(14)8-19)20-9-6-11(16)15(18)12(17)7-9/h3-7,20H,2H2,1H3. The number of hydrogen-bond donors (Lipinski definition) is 1. The molecule has 0 fully saturated rings. The van der Waals surface area contributed by atoms with Gasteiger partial charge in [-0.15, -0.1) is 11.8 Å². The number of halogens is 3. The van der Waals surface area contributed by atoms with Gasteiger partial charge in [-0.3, -0.25) is 0 Å². The number of hydrogen-bond acceptors (Lipinski definition) is 3. The van der Waals surface area contributed by atoms with Crippen LogP contribution in [0.15, 0.2) is 35.2 Å². The van der Waals surface area contributed by atoms with Gasteiger partial charge >= 0.3 is 0 Å². The molecule has 2 nitrogen and oxygen atoms in total. The maximum Gasteiger partial charge on any atom is 0.160 e. The van der Waals surface area contributed by atoms with E-state index in [0.717, 1.165) is 10.6 Å². The Morgan fingerprint density at radius 1 is 1.29 bits per heavy atom. The van der Waals surface area contributed by atoms with Gasteiger partial charge in [0.2, 0.25) is 0 Å². The molecule has 1 N–H and O–H groups in total. The van der Waals surface area contributed by atoms with Crippen LogP contribution >= 0.6 is 35.0 Å². The lowest BCUT2D eigenvalue weighted by Crippen LogP contribution is -1.96. The fourth-order valence-corrected chi connectivity index (χ4v) is 3.08. The Hall–Kier alpha value is -1.41. The first-order valence-electron chi connectivity index (χ1n) is 6.14. The number of rotatable bonds is 4. The summed E-state index contributed by atoms with van der Waals surface area (Å²) in [4.78, 5) is 0.893. The lowest BCUT2D eigenvalue weighted by atomic mass is 10.2. The smallest absolute Gasteiger partial charge is 0.160 e. The van der Waals surface area contributed by atoms with E-state index < -0.39 is 5.82 Å². The van der Waals surface area contributed by atoms with Crippen LogP contribution in [-0.2, 0) is 0 Å². The number of anilines is 2. The highest BCUT2D eigenvalue weighted by molar-refractivity contribution is 7.99. The van der Waals surface area contributed by atoms with Gasteiger partial charge in [-0.2, -0.15) is 5.26 Å². The molecule has 0 bridgehead atoms. The molecule has 0 heterocycles. The molecule has 0 aliphatic rings. The van der Waals surface area contributed by atoms with Crippen LogP contribution in [0.5, 0.6) is 0 Å². The normalized spacial score (nSPS) is 10.2. The van der Waals surface area contributed by atoms with Gasteiger partial charge in [-0.1, -0.05) is 36.2 Å². The number of nitrogens with one attached hydrogen (secondary N) is 1. The SMILES string of the molecule is CCSc1cccc(Nc2cc(Cl)c(F)c(Cl)c2)c1C#N. The fourth-order valence-electron chi connectivity index (χ4n) is 1.81. The van der Waals surface area contributed by atoms with E-state index in [1.54, 1.807) is 17.8 Å². The van der Waals surface area contributed by atoms with Gasteiger partial charge in [-0.05, 0) is 30.0 Å². The summed E-state index contributed by atoms with van der Waals surface area (Å²) in [6.07, 6.45) is 0. The van der Waals surface area contributed by atoms with Gasteiger partial charge in [0.25, 0.3) is 0 Å². The molecule has 0 radical (unpaired) electrons. The third-order valence-electron chi connectivity index (χ3n) is 2.70. The monoisotopic (exact) mass is 340 g/mol. The molecule has 2 aromatic rings. The Bertz CT molecular complexity index is 690. The van der Waals surface area contributed by atoms with E-state index in [1.165, 1.54) is 12.1 Å². The molecular formula is C15H11Cl2FN2S. The van der Waals surface area contributed by atoms with Gasteiger partial charge < -0.3 is 5.32 Å². The third kappa shape index (κ3) is 3.62. The maximum absolute atomic E-state index is 13.4. The van der Waals surface area contributed by atoms with Crippen LogP contribution in [0.3, 0.4) is 0 Å². The zero-order valence-corrected chi connectivity index (χ0v) is 13.4. The van der Waals surface area contributed by atoms with E-state index in [1.807, 2.05) is 19.1 Å². The average molecular weight is 341 g/mol. The zero-order valence-electron chi connectivity index (χ0n) is 11.1. The second-order valence-electron chi connectivity index (χ2n) is 4.10. The summed E-state index contributed by atoms with van der Waals surface area (Å²) in [5.41, 5.74) is 1.71. The summed E-state index contributed by atoms with van der Waals surface area (Å²) in [6, 6.07) is 10.6. The lowest BCUT2D eigenvalue weighted by molar-refractivity contribution is 0.629. The molecule has 0 aliphatic heterocycles. The molecule has 21 heavy (non-hydrogen) atoms. The quantitative estimate of drug-likeness (QED) is 0.559. The van der Waals surface area contributed by atoms with E-state index in [4.69, 9.17) is 23.2 Å². The second-order valence-corrected chi connectivity index (χ2v) is 6.22. The van der Waals surface area contributed by atoms with Gasteiger partial charge in [-0.25, -0.2) is 4.39 Å². The molecule has 0 atom stereocenters. The molecular weight excluding hydrogens is 330 g/mol. The molecule has 0 amide bonds. The fraction of sp³-hybridized carbons (Fsp3) is 0.133. The highest BCUT2D eigenvalue weighted by Crippen LogP contribution is 2.32. The molecule has 2 rings (SSSR count). The van der Waals surface area contributed by atoms with E-state index in [9.17, 15) is 9.65 Å². The largest absolute Gasteiger partial charge is 0.354 e. The summed E-state index contributed by atoms with van der Waals surface area (Å²) in [6.45, 7) is 2.02. The number of nitrogens with zero attached hydrogens (tertiary/aromatic N) is 1. The minimum Gasteiger partial charge on any atom is -0.354 e. The van der Waals surface area contributed by atoms with Crippen molar-refractivity contribution in [2.24, 2.45) is 0 Å². The zero-order chi connectivity index (χ0) is 15.4. The Kier molecular flexibility index (Phi) is 5.35. The summed E-state index contributed by atoms with van der Waals surface area (Å²) in [7, 11) is 0. The highest BCUT2D eigenvalue weighted by Gasteiger charge is 2.11. The van der Waals surface area contributed by atoms with E-state index in [0.29, 0.717) is 16.9 Å². The predicted octanol–water partition coefficient (Wildman–Crippen LogP) is 5.86. The first-order chi connectivity index (χ1) is 10.1. The van der Waals surface area contributed by atoms with Crippen LogP contribution in [0.2, 0.25) is 10.0 Å². The van der Waals surface area contributed by atoms with Crippen LogP contribution in [0.25, 0.3) is 0 Å². The van der Waals surface area contributed by atoms with Gasteiger partial charge in [0.15, 0.2) is 5.82 Å². The molecule has 0 saturated heterocycles. The highest BCUT2D eigenvalue weighted by atomic mass is 35.5. The van der Waals surface area contributed by atoms with Crippen LogP contribution in [0.4, 0.5) is 15.8 Å². The van der Waals surface area contributed by atoms with Crippen LogP contribution in [-0.4, -0.2) is 5.75 Å². The number of nitriles is 1. The Balaban J connectivity index is 2.40. The van der Waals surface area contributed by atoms with E-state index in [2.05, 4.69) is 11.4 Å². The van der Waals surface area contributed by atoms with Crippen molar-refractivity contribution in [1.82, 2.24) is 0 Å². The molecule has 6 heteroatoms. The number of benzene rings is 2. The van der Waals surface area contributed by atoms with Crippen LogP contribution < -0.4 is 5.32 Å². The molecule has 0 unspecified atom stereocenters. The first-order valence-corrected chi connectivity index (χ1v) is 7.88. The van der Waals surface area contributed by atoms with Crippen molar-refractivity contribution in [3.05, 3.63) is 51.8 Å². The topological polar surface area (TPSA) is 35.8 Å². The molecule has 0 saturated carbocycles. The maximum atomic E-state index is 13.4. The van der Waals surface area contributed by atoms with Crippen molar-refractivity contribution in [2.45, 2.75) is 11.8 Å². The minimum absolute atomic E-state index is 0.0670. The molecule has 0 aliphatic carbocycles. The second kappa shape index (κ2) is 7.04. The van der Waals surface area contributed by atoms with Crippen LogP contribution in [0, 0.1) is 17.1 Å². The van der Waals surface area contributed by atoms with Gasteiger partial charge in [0.1, 0.15) is 6.07 Å². The van der Waals surface area contributed by atoms with Crippen molar-refractivity contribution >= 4 is 46.3 Å². The van der Waals surface area contributed by atoms with Crippen molar-refractivity contribution in [1.29, 1.82) is 5.26 Å². The Morgan fingerprint density at radius 3 is 2.52 bits per heavy atom.